The fourth-order valence-corrected chi connectivity index (χ4v) is 2.27. The molecule has 1 aliphatic rings. The molecule has 0 heterocycles. The van der Waals surface area contributed by atoms with Crippen molar-refractivity contribution in [1.29, 1.82) is 0 Å². The number of halogens is 2. The molecular weight excluding hydrogens is 255 g/mol. The summed E-state index contributed by atoms with van der Waals surface area (Å²) in [6.07, 6.45) is 0.726. The van der Waals surface area contributed by atoms with Crippen molar-refractivity contribution < 1.29 is 9.18 Å². The molecule has 1 aromatic carbocycles. The van der Waals surface area contributed by atoms with Crippen LogP contribution in [-0.2, 0) is 4.79 Å². The minimum Gasteiger partial charge on any atom is -0.352 e. The lowest BCUT2D eigenvalue weighted by Crippen LogP contribution is -2.35. The molecule has 0 aromatic heterocycles. The molecule has 0 radical (unpaired) electrons. The van der Waals surface area contributed by atoms with Gasteiger partial charge in [0.2, 0.25) is 5.91 Å². The first-order valence-electron chi connectivity index (χ1n) is 5.99. The zero-order chi connectivity index (χ0) is 13.3. The zero-order valence-electron chi connectivity index (χ0n) is 10.1. The highest BCUT2D eigenvalue weighted by Gasteiger charge is 2.42. The number of benzene rings is 1. The van der Waals surface area contributed by atoms with Crippen LogP contribution in [0.5, 0.6) is 0 Å². The number of carbonyl (C=O) groups excluding carboxylic acids is 1. The number of amides is 1. The van der Waals surface area contributed by atoms with E-state index in [1.807, 2.05) is 0 Å². The van der Waals surface area contributed by atoms with E-state index in [4.69, 9.17) is 17.3 Å². The molecule has 1 fully saturated rings. The molecule has 0 spiro atoms. The number of hydrogen-bond acceptors (Lipinski definition) is 2. The number of nitrogens with two attached hydrogens (primary N) is 1. The van der Waals surface area contributed by atoms with Crippen LogP contribution in [0.3, 0.4) is 0 Å². The molecule has 18 heavy (non-hydrogen) atoms. The predicted octanol–water partition coefficient (Wildman–Crippen LogP) is 2.05. The van der Waals surface area contributed by atoms with E-state index in [-0.39, 0.29) is 29.6 Å². The van der Waals surface area contributed by atoms with Crippen LogP contribution in [0.2, 0.25) is 5.02 Å². The Morgan fingerprint density at radius 3 is 3.00 bits per heavy atom. The lowest BCUT2D eigenvalue weighted by atomic mass is 10.1. The van der Waals surface area contributed by atoms with Gasteiger partial charge >= 0.3 is 0 Å². The average molecular weight is 271 g/mol. The lowest BCUT2D eigenvalue weighted by molar-refractivity contribution is -0.124. The summed E-state index contributed by atoms with van der Waals surface area (Å²) in [4.78, 5) is 11.7. The fraction of sp³-hybridized carbons (Fsp3) is 0.462. The van der Waals surface area contributed by atoms with Gasteiger partial charge in [-0.3, -0.25) is 4.79 Å². The lowest BCUT2D eigenvalue weighted by Gasteiger charge is -2.10. The highest BCUT2D eigenvalue weighted by molar-refractivity contribution is 6.31. The second kappa shape index (κ2) is 5.24. The third kappa shape index (κ3) is 2.65. The summed E-state index contributed by atoms with van der Waals surface area (Å²) in [7, 11) is 0. The summed E-state index contributed by atoms with van der Waals surface area (Å²) in [6.45, 7) is 2.08. The normalized spacial score (nSPS) is 23.6. The zero-order valence-corrected chi connectivity index (χ0v) is 10.9. The van der Waals surface area contributed by atoms with E-state index in [2.05, 4.69) is 5.32 Å². The first kappa shape index (κ1) is 13.3. The molecule has 1 saturated carbocycles. The van der Waals surface area contributed by atoms with E-state index in [1.165, 1.54) is 6.07 Å². The molecule has 98 valence electrons. The highest BCUT2D eigenvalue weighted by Crippen LogP contribution is 2.44. The maximum atomic E-state index is 13.7. The van der Waals surface area contributed by atoms with Crippen LogP contribution >= 0.6 is 11.6 Å². The molecule has 1 amide bonds. The third-order valence-corrected chi connectivity index (χ3v) is 3.62. The van der Waals surface area contributed by atoms with E-state index < -0.39 is 0 Å². The van der Waals surface area contributed by atoms with Crippen molar-refractivity contribution in [2.45, 2.75) is 25.3 Å². The Kier molecular flexibility index (Phi) is 3.88. The van der Waals surface area contributed by atoms with Crippen LogP contribution in [-0.4, -0.2) is 18.5 Å². The van der Waals surface area contributed by atoms with Crippen molar-refractivity contribution in [3.8, 4) is 0 Å². The topological polar surface area (TPSA) is 55.1 Å². The molecule has 3 unspecified atom stereocenters. The standard InChI is InChI=1S/C13H16ClFN2O/c1-7(6-16)13(18)17-11-5-8(11)12-9(14)3-2-4-10(12)15/h2-4,7-8,11H,5-6,16H2,1H3,(H,17,18). The molecule has 2 rings (SSSR count). The summed E-state index contributed by atoms with van der Waals surface area (Å²) in [5, 5.41) is 3.28. The predicted molar refractivity (Wildman–Crippen MR) is 68.9 cm³/mol. The van der Waals surface area contributed by atoms with Crippen LogP contribution in [0.15, 0.2) is 18.2 Å². The summed E-state index contributed by atoms with van der Waals surface area (Å²) in [5.41, 5.74) is 5.93. The summed E-state index contributed by atoms with van der Waals surface area (Å²) in [6, 6.07) is 4.61. The van der Waals surface area contributed by atoms with Gasteiger partial charge in [-0.1, -0.05) is 24.6 Å². The maximum absolute atomic E-state index is 13.7. The van der Waals surface area contributed by atoms with E-state index in [0.717, 1.165) is 6.42 Å². The van der Waals surface area contributed by atoms with Crippen LogP contribution in [0.1, 0.15) is 24.8 Å². The number of nitrogens with one attached hydrogen (secondary N) is 1. The average Bonchev–Trinajstić information content (AvgIpc) is 3.06. The summed E-state index contributed by atoms with van der Waals surface area (Å²) >= 11 is 5.98. The maximum Gasteiger partial charge on any atom is 0.224 e. The number of hydrogen-bond donors (Lipinski definition) is 2. The van der Waals surface area contributed by atoms with Gasteiger partial charge in [-0.25, -0.2) is 4.39 Å². The first-order chi connectivity index (χ1) is 8.54. The van der Waals surface area contributed by atoms with Gasteiger partial charge < -0.3 is 11.1 Å². The quantitative estimate of drug-likeness (QED) is 0.880. The van der Waals surface area contributed by atoms with Crippen molar-refractivity contribution in [2.24, 2.45) is 11.7 Å². The van der Waals surface area contributed by atoms with Gasteiger partial charge in [-0.2, -0.15) is 0 Å². The van der Waals surface area contributed by atoms with Gasteiger partial charge in [-0.15, -0.1) is 0 Å². The number of rotatable bonds is 4. The summed E-state index contributed by atoms with van der Waals surface area (Å²) in [5.74, 6) is -0.636. The molecule has 1 aliphatic carbocycles. The van der Waals surface area contributed by atoms with Crippen molar-refractivity contribution in [1.82, 2.24) is 5.32 Å². The molecule has 5 heteroatoms. The van der Waals surface area contributed by atoms with Crippen LogP contribution < -0.4 is 11.1 Å². The van der Waals surface area contributed by atoms with E-state index in [9.17, 15) is 9.18 Å². The van der Waals surface area contributed by atoms with Crippen LogP contribution in [0, 0.1) is 11.7 Å². The van der Waals surface area contributed by atoms with E-state index in [0.29, 0.717) is 17.1 Å². The van der Waals surface area contributed by atoms with Gasteiger partial charge in [0, 0.05) is 35.0 Å². The van der Waals surface area contributed by atoms with Gasteiger partial charge in [0.15, 0.2) is 0 Å². The van der Waals surface area contributed by atoms with Crippen LogP contribution in [0.4, 0.5) is 4.39 Å². The van der Waals surface area contributed by atoms with E-state index >= 15 is 0 Å². The van der Waals surface area contributed by atoms with Gasteiger partial charge in [0.1, 0.15) is 5.82 Å². The second-order valence-electron chi connectivity index (χ2n) is 4.73. The fourth-order valence-electron chi connectivity index (χ4n) is 1.97. The molecule has 3 N–H and O–H groups in total. The van der Waals surface area contributed by atoms with Gasteiger partial charge in [0.25, 0.3) is 0 Å². The monoisotopic (exact) mass is 270 g/mol. The largest absolute Gasteiger partial charge is 0.352 e. The van der Waals surface area contributed by atoms with Crippen molar-refractivity contribution in [3.63, 3.8) is 0 Å². The Bertz CT molecular complexity index is 446. The van der Waals surface area contributed by atoms with Crippen molar-refractivity contribution in [3.05, 3.63) is 34.6 Å². The molecule has 0 saturated heterocycles. The van der Waals surface area contributed by atoms with Crippen LogP contribution in [0.25, 0.3) is 0 Å². The second-order valence-corrected chi connectivity index (χ2v) is 5.14. The Hall–Kier alpha value is -1.13. The minimum absolute atomic E-state index is 0.0207. The summed E-state index contributed by atoms with van der Waals surface area (Å²) < 4.78 is 13.7. The molecular formula is C13H16ClFN2O. The number of carbonyl (C=O) groups is 1. The van der Waals surface area contributed by atoms with Crippen molar-refractivity contribution >= 4 is 17.5 Å². The minimum atomic E-state index is -0.309. The smallest absolute Gasteiger partial charge is 0.224 e. The highest BCUT2D eigenvalue weighted by atomic mass is 35.5. The molecule has 0 aliphatic heterocycles. The van der Waals surface area contributed by atoms with E-state index in [1.54, 1.807) is 19.1 Å². The Morgan fingerprint density at radius 2 is 2.39 bits per heavy atom. The van der Waals surface area contributed by atoms with Gasteiger partial charge in [0.05, 0.1) is 0 Å². The SMILES string of the molecule is CC(CN)C(=O)NC1CC1c1c(F)cccc1Cl. The molecule has 1 aromatic rings. The Morgan fingerprint density at radius 1 is 1.67 bits per heavy atom. The Labute approximate surface area is 111 Å². The Balaban J connectivity index is 2.01. The molecule has 3 atom stereocenters. The van der Waals surface area contributed by atoms with Gasteiger partial charge in [-0.05, 0) is 18.6 Å². The molecule has 0 bridgehead atoms. The first-order valence-corrected chi connectivity index (χ1v) is 6.36. The third-order valence-electron chi connectivity index (χ3n) is 3.29. The molecule has 3 nitrogen and oxygen atoms in total. The van der Waals surface area contributed by atoms with Crippen molar-refractivity contribution in [2.75, 3.05) is 6.54 Å².